The van der Waals surface area contributed by atoms with Gasteiger partial charge in [0.2, 0.25) is 15.9 Å². The second-order valence-electron chi connectivity index (χ2n) is 4.58. The number of hydrogen-bond acceptors (Lipinski definition) is 5. The number of carbonyl (C=O) groups excluding carboxylic acids is 1. The summed E-state index contributed by atoms with van der Waals surface area (Å²) in [4.78, 5) is 21.5. The zero-order chi connectivity index (χ0) is 16.9. The number of amides is 1. The molecule has 0 spiro atoms. The van der Waals surface area contributed by atoms with E-state index < -0.39 is 22.0 Å². The summed E-state index contributed by atoms with van der Waals surface area (Å²) in [5.74, 6) is -1.47. The van der Waals surface area contributed by atoms with Crippen molar-refractivity contribution in [3.05, 3.63) is 23.8 Å². The minimum absolute atomic E-state index is 0.0802. The molecule has 1 amide bonds. The van der Waals surface area contributed by atoms with Crippen molar-refractivity contribution in [3.8, 4) is 5.75 Å². The first-order valence-corrected chi connectivity index (χ1v) is 7.82. The Kier molecular flexibility index (Phi) is 5.89. The van der Waals surface area contributed by atoms with Gasteiger partial charge in [-0.3, -0.25) is 9.59 Å². The standard InChI is InChI=1S/C13H18N2O6S/c1-8(13(17)18)15-22(19,20)12-6-10(7-14-9(2)16)4-5-11(12)21-3/h4-6,8,15H,7H2,1-3H3,(H,14,16)(H,17,18). The molecule has 1 rings (SSSR count). The van der Waals surface area contributed by atoms with Crippen LogP contribution in [0.4, 0.5) is 0 Å². The molecule has 1 aromatic carbocycles. The van der Waals surface area contributed by atoms with Gasteiger partial charge in [-0.2, -0.15) is 4.72 Å². The van der Waals surface area contributed by atoms with Gasteiger partial charge >= 0.3 is 5.97 Å². The molecule has 0 aliphatic rings. The fourth-order valence-corrected chi connectivity index (χ4v) is 3.03. The zero-order valence-corrected chi connectivity index (χ0v) is 13.2. The number of carboxylic acid groups (broad SMARTS) is 1. The van der Waals surface area contributed by atoms with E-state index in [4.69, 9.17) is 9.84 Å². The second-order valence-corrected chi connectivity index (χ2v) is 6.26. The van der Waals surface area contributed by atoms with Crippen molar-refractivity contribution < 1.29 is 27.9 Å². The first-order valence-electron chi connectivity index (χ1n) is 6.34. The highest BCUT2D eigenvalue weighted by Gasteiger charge is 2.25. The lowest BCUT2D eigenvalue weighted by Gasteiger charge is -2.14. The van der Waals surface area contributed by atoms with Crippen LogP contribution in [-0.4, -0.2) is 38.6 Å². The van der Waals surface area contributed by atoms with E-state index in [1.807, 2.05) is 4.72 Å². The molecule has 0 saturated heterocycles. The number of nitrogens with one attached hydrogen (secondary N) is 2. The third kappa shape index (κ3) is 4.71. The van der Waals surface area contributed by atoms with Gasteiger partial charge in [0.25, 0.3) is 0 Å². The maximum Gasteiger partial charge on any atom is 0.321 e. The number of sulfonamides is 1. The average Bonchev–Trinajstić information content (AvgIpc) is 2.44. The van der Waals surface area contributed by atoms with Crippen LogP contribution in [0.25, 0.3) is 0 Å². The minimum Gasteiger partial charge on any atom is -0.495 e. The highest BCUT2D eigenvalue weighted by atomic mass is 32.2. The number of methoxy groups -OCH3 is 1. The number of aliphatic carboxylic acids is 1. The molecule has 0 aliphatic heterocycles. The van der Waals surface area contributed by atoms with Gasteiger partial charge in [-0.05, 0) is 24.6 Å². The molecule has 0 saturated carbocycles. The minimum atomic E-state index is -4.08. The highest BCUT2D eigenvalue weighted by Crippen LogP contribution is 2.25. The Balaban J connectivity index is 3.16. The molecular formula is C13H18N2O6S. The molecule has 1 unspecified atom stereocenters. The van der Waals surface area contributed by atoms with E-state index >= 15 is 0 Å². The van der Waals surface area contributed by atoms with Gasteiger partial charge in [0.1, 0.15) is 16.7 Å². The van der Waals surface area contributed by atoms with Gasteiger partial charge in [0, 0.05) is 13.5 Å². The molecule has 1 aromatic rings. The van der Waals surface area contributed by atoms with Gasteiger partial charge in [0.15, 0.2) is 0 Å². The second kappa shape index (κ2) is 7.23. The summed E-state index contributed by atoms with van der Waals surface area (Å²) in [7, 11) is -2.77. The predicted octanol–water partition coefficient (Wildman–Crippen LogP) is 0.0827. The van der Waals surface area contributed by atoms with E-state index in [9.17, 15) is 18.0 Å². The molecule has 0 heterocycles. The van der Waals surface area contributed by atoms with E-state index in [0.717, 1.165) is 0 Å². The molecule has 1 atom stereocenters. The van der Waals surface area contributed by atoms with E-state index in [1.165, 1.54) is 33.1 Å². The average molecular weight is 330 g/mol. The van der Waals surface area contributed by atoms with Crippen LogP contribution in [0.5, 0.6) is 5.75 Å². The van der Waals surface area contributed by atoms with Crippen LogP contribution in [0.3, 0.4) is 0 Å². The van der Waals surface area contributed by atoms with Crippen molar-refractivity contribution in [2.75, 3.05) is 7.11 Å². The highest BCUT2D eigenvalue weighted by molar-refractivity contribution is 7.89. The normalized spacial score (nSPS) is 12.5. The van der Waals surface area contributed by atoms with Crippen LogP contribution in [0.1, 0.15) is 19.4 Å². The summed E-state index contributed by atoms with van der Waals surface area (Å²) in [6.07, 6.45) is 0. The fourth-order valence-electron chi connectivity index (χ4n) is 1.61. The van der Waals surface area contributed by atoms with E-state index in [2.05, 4.69) is 5.32 Å². The summed E-state index contributed by atoms with van der Waals surface area (Å²) in [5.41, 5.74) is 0.541. The molecule has 3 N–H and O–H groups in total. The molecule has 22 heavy (non-hydrogen) atoms. The van der Waals surface area contributed by atoms with Crippen molar-refractivity contribution in [3.63, 3.8) is 0 Å². The summed E-state index contributed by atoms with van der Waals surface area (Å²) >= 11 is 0. The fraction of sp³-hybridized carbons (Fsp3) is 0.385. The van der Waals surface area contributed by atoms with Crippen LogP contribution in [0, 0.1) is 0 Å². The van der Waals surface area contributed by atoms with Crippen LogP contribution in [-0.2, 0) is 26.2 Å². The Morgan fingerprint density at radius 3 is 2.50 bits per heavy atom. The van der Waals surface area contributed by atoms with Gasteiger partial charge in [0.05, 0.1) is 7.11 Å². The smallest absolute Gasteiger partial charge is 0.321 e. The Labute approximate surface area is 128 Å². The number of carbonyl (C=O) groups is 2. The molecule has 0 radical (unpaired) electrons. The van der Waals surface area contributed by atoms with Crippen molar-refractivity contribution >= 4 is 21.9 Å². The monoisotopic (exact) mass is 330 g/mol. The first-order chi connectivity index (χ1) is 10.2. The lowest BCUT2D eigenvalue weighted by Crippen LogP contribution is -2.38. The van der Waals surface area contributed by atoms with Crippen molar-refractivity contribution in [1.82, 2.24) is 10.0 Å². The number of hydrogen-bond donors (Lipinski definition) is 3. The van der Waals surface area contributed by atoms with Gasteiger partial charge in [-0.25, -0.2) is 8.42 Å². The Bertz CT molecular complexity index is 671. The number of rotatable bonds is 7. The third-order valence-electron chi connectivity index (χ3n) is 2.76. The van der Waals surface area contributed by atoms with Crippen molar-refractivity contribution in [2.24, 2.45) is 0 Å². The molecule has 122 valence electrons. The summed E-state index contributed by atoms with van der Waals surface area (Å²) in [5, 5.41) is 11.4. The summed E-state index contributed by atoms with van der Waals surface area (Å²) in [6.45, 7) is 2.71. The van der Waals surface area contributed by atoms with Crippen LogP contribution < -0.4 is 14.8 Å². The Morgan fingerprint density at radius 2 is 2.00 bits per heavy atom. The molecule has 8 nitrogen and oxygen atoms in total. The number of benzene rings is 1. The largest absolute Gasteiger partial charge is 0.495 e. The number of ether oxygens (including phenoxy) is 1. The Morgan fingerprint density at radius 1 is 1.36 bits per heavy atom. The topological polar surface area (TPSA) is 122 Å². The molecular weight excluding hydrogens is 312 g/mol. The van der Waals surface area contributed by atoms with Gasteiger partial charge < -0.3 is 15.2 Å². The van der Waals surface area contributed by atoms with E-state index in [1.54, 1.807) is 6.07 Å². The van der Waals surface area contributed by atoms with Crippen LogP contribution in [0.2, 0.25) is 0 Å². The lowest BCUT2D eigenvalue weighted by atomic mass is 10.2. The summed E-state index contributed by atoms with van der Waals surface area (Å²) in [6, 6.07) is 3.09. The number of carboxylic acids is 1. The van der Waals surface area contributed by atoms with Gasteiger partial charge in [-0.1, -0.05) is 6.07 Å². The maximum absolute atomic E-state index is 12.3. The quantitative estimate of drug-likeness (QED) is 0.651. The Hall–Kier alpha value is -2.13. The predicted molar refractivity (Wildman–Crippen MR) is 77.9 cm³/mol. The van der Waals surface area contributed by atoms with Crippen molar-refractivity contribution in [1.29, 1.82) is 0 Å². The first kappa shape index (κ1) is 17.9. The van der Waals surface area contributed by atoms with Crippen LogP contribution in [0.15, 0.2) is 23.1 Å². The van der Waals surface area contributed by atoms with Crippen molar-refractivity contribution in [2.45, 2.75) is 31.3 Å². The SMILES string of the molecule is COc1ccc(CNC(C)=O)cc1S(=O)(=O)NC(C)C(=O)O. The lowest BCUT2D eigenvalue weighted by molar-refractivity contribution is -0.138. The summed E-state index contributed by atoms with van der Waals surface area (Å²) < 4.78 is 31.6. The zero-order valence-electron chi connectivity index (χ0n) is 12.4. The maximum atomic E-state index is 12.3. The van der Waals surface area contributed by atoms with Crippen LogP contribution >= 0.6 is 0 Å². The van der Waals surface area contributed by atoms with E-state index in [0.29, 0.717) is 5.56 Å². The molecule has 0 aromatic heterocycles. The molecule has 0 aliphatic carbocycles. The van der Waals surface area contributed by atoms with E-state index in [-0.39, 0.29) is 23.1 Å². The molecule has 0 fully saturated rings. The molecule has 0 bridgehead atoms. The molecule has 9 heteroatoms. The van der Waals surface area contributed by atoms with Gasteiger partial charge in [-0.15, -0.1) is 0 Å². The third-order valence-corrected chi connectivity index (χ3v) is 4.32.